The van der Waals surface area contributed by atoms with Crippen LogP contribution in [0.5, 0.6) is 0 Å². The van der Waals surface area contributed by atoms with Crippen molar-refractivity contribution in [3.05, 3.63) is 83.4 Å². The molecule has 1 heterocycles. The third kappa shape index (κ3) is 3.94. The van der Waals surface area contributed by atoms with E-state index in [1.165, 1.54) is 11.1 Å². The van der Waals surface area contributed by atoms with Crippen molar-refractivity contribution in [2.45, 2.75) is 45.2 Å². The van der Waals surface area contributed by atoms with Crippen LogP contribution in [-0.4, -0.2) is 16.8 Å². The van der Waals surface area contributed by atoms with E-state index in [9.17, 15) is 4.79 Å². The number of benzene rings is 2. The van der Waals surface area contributed by atoms with Gasteiger partial charge in [0.15, 0.2) is 0 Å². The highest BCUT2D eigenvalue weighted by atomic mass is 16.2. The molecule has 1 amide bonds. The van der Waals surface area contributed by atoms with E-state index in [1.807, 2.05) is 24.3 Å². The summed E-state index contributed by atoms with van der Waals surface area (Å²) < 4.78 is 0. The van der Waals surface area contributed by atoms with Gasteiger partial charge in [0.2, 0.25) is 5.91 Å². The van der Waals surface area contributed by atoms with Crippen molar-refractivity contribution in [2.24, 2.45) is 0 Å². The van der Waals surface area contributed by atoms with Gasteiger partial charge >= 0.3 is 0 Å². The minimum atomic E-state index is 0.216. The predicted molar refractivity (Wildman–Crippen MR) is 98.5 cm³/mol. The van der Waals surface area contributed by atoms with Gasteiger partial charge in [-0.2, -0.15) is 0 Å². The summed E-state index contributed by atoms with van der Waals surface area (Å²) >= 11 is 0. The van der Waals surface area contributed by atoms with E-state index in [4.69, 9.17) is 0 Å². The van der Waals surface area contributed by atoms with Gasteiger partial charge in [-0.15, -0.1) is 0 Å². The summed E-state index contributed by atoms with van der Waals surface area (Å²) in [5.41, 5.74) is 3.49. The second-order valence-electron chi connectivity index (χ2n) is 6.48. The Kier molecular flexibility index (Phi) is 5.47. The largest absolute Gasteiger partial charge is 0.331 e. The summed E-state index contributed by atoms with van der Waals surface area (Å²) in [6, 6.07) is 21.0. The van der Waals surface area contributed by atoms with Gasteiger partial charge in [-0.05, 0) is 30.4 Å². The van der Waals surface area contributed by atoms with Crippen LogP contribution in [0, 0.1) is 0 Å². The average Bonchev–Trinajstić information content (AvgIpc) is 2.90. The molecular weight excluding hydrogens is 294 g/mol. The van der Waals surface area contributed by atoms with Crippen LogP contribution in [-0.2, 0) is 17.8 Å². The van der Waals surface area contributed by atoms with Crippen LogP contribution in [0.2, 0.25) is 0 Å². The van der Waals surface area contributed by atoms with E-state index in [2.05, 4.69) is 54.3 Å². The van der Waals surface area contributed by atoms with Crippen molar-refractivity contribution in [3.63, 3.8) is 0 Å². The van der Waals surface area contributed by atoms with Crippen LogP contribution in [0.3, 0.4) is 0 Å². The van der Waals surface area contributed by atoms with Crippen LogP contribution < -0.4 is 0 Å². The maximum absolute atomic E-state index is 12.9. The quantitative estimate of drug-likeness (QED) is 0.703. The fourth-order valence-electron chi connectivity index (χ4n) is 3.34. The molecule has 2 heteroatoms. The van der Waals surface area contributed by atoms with Crippen LogP contribution in [0.15, 0.2) is 72.3 Å². The highest BCUT2D eigenvalue weighted by molar-refractivity contribution is 5.96. The predicted octanol–water partition coefficient (Wildman–Crippen LogP) is 4.76. The second-order valence-corrected chi connectivity index (χ2v) is 6.48. The Morgan fingerprint density at radius 3 is 2.25 bits per heavy atom. The van der Waals surface area contributed by atoms with Crippen LogP contribution >= 0.6 is 0 Å². The van der Waals surface area contributed by atoms with Gasteiger partial charge in [0.1, 0.15) is 0 Å². The molecule has 124 valence electrons. The molecule has 1 saturated heterocycles. The maximum atomic E-state index is 12.9. The number of amides is 1. The number of likely N-dealkylation sites (tertiary alicyclic amines) is 1. The Balaban J connectivity index is 1.81. The summed E-state index contributed by atoms with van der Waals surface area (Å²) in [7, 11) is 0. The number of unbranched alkanes of at least 4 members (excludes halogenated alkanes) is 1. The summed E-state index contributed by atoms with van der Waals surface area (Å²) in [6.07, 6.45) is 5.99. The topological polar surface area (TPSA) is 20.3 Å². The molecule has 1 atom stereocenters. The van der Waals surface area contributed by atoms with E-state index in [-0.39, 0.29) is 11.9 Å². The molecule has 24 heavy (non-hydrogen) atoms. The maximum Gasteiger partial charge on any atom is 0.250 e. The van der Waals surface area contributed by atoms with E-state index >= 15 is 0 Å². The lowest BCUT2D eigenvalue weighted by atomic mass is 10.0. The molecule has 0 spiro atoms. The van der Waals surface area contributed by atoms with Gasteiger partial charge in [-0.3, -0.25) is 4.79 Å². The van der Waals surface area contributed by atoms with E-state index in [1.54, 1.807) is 0 Å². The highest BCUT2D eigenvalue weighted by Gasteiger charge is 2.34. The normalized spacial score (nSPS) is 19.2. The monoisotopic (exact) mass is 319 g/mol. The Hall–Kier alpha value is -2.35. The van der Waals surface area contributed by atoms with Crippen LogP contribution in [0.25, 0.3) is 0 Å². The molecule has 3 rings (SSSR count). The third-order valence-corrected chi connectivity index (χ3v) is 4.62. The third-order valence-electron chi connectivity index (χ3n) is 4.62. The van der Waals surface area contributed by atoms with Crippen molar-refractivity contribution < 1.29 is 4.79 Å². The fraction of sp³-hybridized carbons (Fsp3) is 0.318. The molecule has 1 fully saturated rings. The lowest BCUT2D eigenvalue weighted by Crippen LogP contribution is -2.34. The lowest BCUT2D eigenvalue weighted by molar-refractivity contribution is -0.126. The smallest absolute Gasteiger partial charge is 0.250 e. The first-order valence-electron chi connectivity index (χ1n) is 8.85. The van der Waals surface area contributed by atoms with Crippen LogP contribution in [0.1, 0.15) is 37.3 Å². The van der Waals surface area contributed by atoms with Gasteiger partial charge in [-0.25, -0.2) is 0 Å². The number of allylic oxidation sites excluding steroid dienone is 1. The molecular formula is C22H25NO. The minimum absolute atomic E-state index is 0.216. The molecule has 0 aliphatic carbocycles. The molecule has 2 nitrogen and oxygen atoms in total. The Bertz CT molecular complexity index is 690. The Labute approximate surface area is 144 Å². The summed E-state index contributed by atoms with van der Waals surface area (Å²) in [4.78, 5) is 14.9. The lowest BCUT2D eigenvalue weighted by Gasteiger charge is -2.24. The molecule has 1 aliphatic rings. The van der Waals surface area contributed by atoms with Gasteiger partial charge in [0, 0.05) is 18.2 Å². The first-order valence-corrected chi connectivity index (χ1v) is 8.85. The number of hydrogen-bond acceptors (Lipinski definition) is 1. The molecule has 2 aromatic rings. The SMILES string of the molecule is CCC/C=C1/CC(Cc2ccccc2)N(Cc2ccccc2)C1=O. The molecule has 2 aromatic carbocycles. The molecule has 1 unspecified atom stereocenters. The number of carbonyl (C=O) groups excluding carboxylic acids is 1. The van der Waals surface area contributed by atoms with E-state index in [0.29, 0.717) is 6.54 Å². The van der Waals surface area contributed by atoms with Crippen molar-refractivity contribution in [3.8, 4) is 0 Å². The Morgan fingerprint density at radius 2 is 1.62 bits per heavy atom. The fourth-order valence-corrected chi connectivity index (χ4v) is 3.34. The molecule has 0 saturated carbocycles. The standard InChI is InChI=1S/C22H25NO/c1-2-3-14-20-16-21(15-18-10-6-4-7-11-18)23(22(20)24)17-19-12-8-5-9-13-19/h4-14,21H,2-3,15-17H2,1H3/b20-14-. The van der Waals surface area contributed by atoms with Crippen molar-refractivity contribution >= 4 is 5.91 Å². The van der Waals surface area contributed by atoms with Gasteiger partial charge in [0.25, 0.3) is 0 Å². The number of nitrogens with zero attached hydrogens (tertiary/aromatic N) is 1. The zero-order valence-corrected chi connectivity index (χ0v) is 14.3. The summed E-state index contributed by atoms with van der Waals surface area (Å²) in [5.74, 6) is 0.216. The average molecular weight is 319 g/mol. The van der Waals surface area contributed by atoms with E-state index < -0.39 is 0 Å². The van der Waals surface area contributed by atoms with Gasteiger partial charge in [0.05, 0.1) is 0 Å². The number of hydrogen-bond donors (Lipinski definition) is 0. The molecule has 0 aromatic heterocycles. The molecule has 0 N–H and O–H groups in total. The summed E-state index contributed by atoms with van der Waals surface area (Å²) in [5, 5.41) is 0. The van der Waals surface area contributed by atoms with E-state index in [0.717, 1.165) is 31.3 Å². The highest BCUT2D eigenvalue weighted by Crippen LogP contribution is 2.29. The van der Waals surface area contributed by atoms with Gasteiger partial charge in [-0.1, -0.05) is 80.1 Å². The zero-order valence-electron chi connectivity index (χ0n) is 14.3. The van der Waals surface area contributed by atoms with Crippen molar-refractivity contribution in [1.82, 2.24) is 4.90 Å². The molecule has 0 radical (unpaired) electrons. The number of rotatable bonds is 6. The Morgan fingerprint density at radius 1 is 1.00 bits per heavy atom. The second kappa shape index (κ2) is 7.96. The minimum Gasteiger partial charge on any atom is -0.331 e. The molecule has 1 aliphatic heterocycles. The van der Waals surface area contributed by atoms with Crippen molar-refractivity contribution in [2.75, 3.05) is 0 Å². The summed E-state index contributed by atoms with van der Waals surface area (Å²) in [6.45, 7) is 2.85. The van der Waals surface area contributed by atoms with Gasteiger partial charge < -0.3 is 4.90 Å². The first-order chi connectivity index (χ1) is 11.8. The van der Waals surface area contributed by atoms with Crippen molar-refractivity contribution in [1.29, 1.82) is 0 Å². The zero-order chi connectivity index (χ0) is 16.8. The van der Waals surface area contributed by atoms with Crippen LogP contribution in [0.4, 0.5) is 0 Å². The molecule has 0 bridgehead atoms. The number of carbonyl (C=O) groups is 1. The first kappa shape index (κ1) is 16.5.